The van der Waals surface area contributed by atoms with Gasteiger partial charge < -0.3 is 9.88 Å². The van der Waals surface area contributed by atoms with Crippen LogP contribution in [0.2, 0.25) is 0 Å². The molecule has 4 nitrogen and oxygen atoms in total. The van der Waals surface area contributed by atoms with E-state index in [1.54, 1.807) is 0 Å². The van der Waals surface area contributed by atoms with Crippen molar-refractivity contribution in [3.8, 4) is 0 Å². The van der Waals surface area contributed by atoms with Crippen LogP contribution in [-0.2, 0) is 0 Å². The molecule has 0 radical (unpaired) electrons. The fraction of sp³-hybridized carbons (Fsp3) is 0.600. The van der Waals surface area contributed by atoms with Crippen LogP contribution in [0.5, 0.6) is 0 Å². The van der Waals surface area contributed by atoms with E-state index in [-0.39, 0.29) is 0 Å². The second-order valence-corrected chi connectivity index (χ2v) is 6.59. The number of hydrogen-bond donors (Lipinski definition) is 1. The van der Waals surface area contributed by atoms with Crippen LogP contribution < -0.4 is 0 Å². The van der Waals surface area contributed by atoms with Crippen LogP contribution in [0.25, 0.3) is 11.2 Å². The number of pyridine rings is 1. The summed E-state index contributed by atoms with van der Waals surface area (Å²) in [5, 5.41) is 0. The highest BCUT2D eigenvalue weighted by molar-refractivity contribution is 7.71. The van der Waals surface area contributed by atoms with E-state index in [4.69, 9.17) is 12.2 Å². The number of aromatic nitrogens is 3. The van der Waals surface area contributed by atoms with Crippen molar-refractivity contribution in [2.45, 2.75) is 50.2 Å². The van der Waals surface area contributed by atoms with Crippen molar-refractivity contribution in [3.63, 3.8) is 0 Å². The zero-order valence-electron chi connectivity index (χ0n) is 11.7. The summed E-state index contributed by atoms with van der Waals surface area (Å²) in [4.78, 5) is 10.4. The van der Waals surface area contributed by atoms with E-state index in [9.17, 15) is 0 Å². The molecule has 2 saturated heterocycles. The highest BCUT2D eigenvalue weighted by Gasteiger charge is 2.37. The fourth-order valence-corrected chi connectivity index (χ4v) is 4.44. The molecule has 2 atom stereocenters. The number of fused-ring (bicyclic) bond motifs is 3. The summed E-state index contributed by atoms with van der Waals surface area (Å²) in [5.74, 6) is 0. The predicted molar refractivity (Wildman–Crippen MR) is 82.4 cm³/mol. The van der Waals surface area contributed by atoms with Gasteiger partial charge in [0.05, 0.1) is 5.52 Å². The largest absolute Gasteiger partial charge is 0.329 e. The number of piperidine rings is 2. The number of aromatic amines is 1. The molecular weight excluding hydrogens is 268 g/mol. The van der Waals surface area contributed by atoms with E-state index in [0.29, 0.717) is 18.1 Å². The topological polar surface area (TPSA) is 36.9 Å². The van der Waals surface area contributed by atoms with Gasteiger partial charge in [-0.2, -0.15) is 0 Å². The van der Waals surface area contributed by atoms with E-state index in [1.165, 1.54) is 32.1 Å². The molecule has 2 fully saturated rings. The van der Waals surface area contributed by atoms with Gasteiger partial charge in [0.2, 0.25) is 0 Å². The van der Waals surface area contributed by atoms with Gasteiger partial charge in [-0.05, 0) is 57.1 Å². The lowest BCUT2D eigenvalue weighted by atomic mass is 9.82. The quantitative estimate of drug-likeness (QED) is 0.818. The van der Waals surface area contributed by atoms with Crippen molar-refractivity contribution in [2.24, 2.45) is 0 Å². The van der Waals surface area contributed by atoms with Crippen LogP contribution in [0, 0.1) is 4.77 Å². The summed E-state index contributed by atoms with van der Waals surface area (Å²) in [5.41, 5.74) is 2.08. The van der Waals surface area contributed by atoms with Crippen LogP contribution in [0.3, 0.4) is 0 Å². The number of hydrogen-bond acceptors (Lipinski definition) is 3. The average molecular weight is 288 g/mol. The minimum atomic E-state index is 0.498. The lowest BCUT2D eigenvalue weighted by Crippen LogP contribution is -2.50. The molecule has 0 aromatic carbocycles. The van der Waals surface area contributed by atoms with Crippen LogP contribution in [-0.4, -0.2) is 38.6 Å². The van der Waals surface area contributed by atoms with Crippen molar-refractivity contribution >= 4 is 23.4 Å². The summed E-state index contributed by atoms with van der Waals surface area (Å²) < 4.78 is 3.09. The Labute approximate surface area is 123 Å². The van der Waals surface area contributed by atoms with E-state index >= 15 is 0 Å². The maximum atomic E-state index is 5.55. The maximum Gasteiger partial charge on any atom is 0.179 e. The molecule has 2 aliphatic heterocycles. The molecule has 2 bridgehead atoms. The van der Waals surface area contributed by atoms with Crippen molar-refractivity contribution in [1.29, 1.82) is 0 Å². The molecule has 2 aromatic rings. The first-order valence-corrected chi connectivity index (χ1v) is 7.92. The third-order valence-corrected chi connectivity index (χ3v) is 5.45. The second-order valence-electron chi connectivity index (χ2n) is 6.20. The monoisotopic (exact) mass is 288 g/mol. The number of nitrogens with one attached hydrogen (secondary N) is 1. The Bertz CT molecular complexity index is 674. The molecule has 5 heteroatoms. The SMILES string of the molecule is CN1C2CCCC1CC(n1c(=S)[nH]c3cccnc31)C2. The first kappa shape index (κ1) is 12.5. The highest BCUT2D eigenvalue weighted by atomic mass is 32.1. The summed E-state index contributed by atoms with van der Waals surface area (Å²) in [6.45, 7) is 0. The van der Waals surface area contributed by atoms with Gasteiger partial charge in [-0.3, -0.25) is 4.57 Å². The summed E-state index contributed by atoms with van der Waals surface area (Å²) in [6.07, 6.45) is 8.29. The Morgan fingerprint density at radius 3 is 2.75 bits per heavy atom. The maximum absolute atomic E-state index is 5.55. The lowest BCUT2D eigenvalue weighted by molar-refractivity contribution is 0.0405. The third-order valence-electron chi connectivity index (χ3n) is 5.16. The van der Waals surface area contributed by atoms with Gasteiger partial charge in [0.1, 0.15) is 0 Å². The molecule has 1 N–H and O–H groups in total. The van der Waals surface area contributed by atoms with Gasteiger partial charge in [0.15, 0.2) is 10.4 Å². The van der Waals surface area contributed by atoms with Crippen LogP contribution in [0.4, 0.5) is 0 Å². The molecule has 0 amide bonds. The molecule has 106 valence electrons. The molecule has 0 aliphatic carbocycles. The molecule has 2 aliphatic rings. The molecule has 0 spiro atoms. The Morgan fingerprint density at radius 2 is 2.00 bits per heavy atom. The Morgan fingerprint density at radius 1 is 1.25 bits per heavy atom. The first-order chi connectivity index (χ1) is 9.74. The van der Waals surface area contributed by atoms with Gasteiger partial charge >= 0.3 is 0 Å². The van der Waals surface area contributed by atoms with Crippen molar-refractivity contribution < 1.29 is 0 Å². The van der Waals surface area contributed by atoms with Gasteiger partial charge in [0.25, 0.3) is 0 Å². The van der Waals surface area contributed by atoms with Gasteiger partial charge in [-0.15, -0.1) is 0 Å². The molecular formula is C15H20N4S. The molecule has 2 aromatic heterocycles. The Kier molecular flexibility index (Phi) is 2.93. The van der Waals surface area contributed by atoms with E-state index in [2.05, 4.69) is 32.5 Å². The molecule has 0 saturated carbocycles. The lowest BCUT2D eigenvalue weighted by Gasteiger charge is -2.47. The smallest absolute Gasteiger partial charge is 0.179 e. The number of rotatable bonds is 1. The van der Waals surface area contributed by atoms with Gasteiger partial charge in [-0.1, -0.05) is 6.42 Å². The normalized spacial score (nSPS) is 30.8. The number of H-pyrrole nitrogens is 1. The predicted octanol–water partition coefficient (Wildman–Crippen LogP) is 3.28. The number of nitrogens with zero attached hydrogens (tertiary/aromatic N) is 3. The average Bonchev–Trinajstić information content (AvgIpc) is 2.74. The van der Waals surface area contributed by atoms with E-state index < -0.39 is 0 Å². The zero-order chi connectivity index (χ0) is 13.7. The Balaban J connectivity index is 1.77. The van der Waals surface area contributed by atoms with Crippen molar-refractivity contribution in [1.82, 2.24) is 19.4 Å². The molecule has 20 heavy (non-hydrogen) atoms. The van der Waals surface area contributed by atoms with E-state index in [0.717, 1.165) is 15.9 Å². The minimum absolute atomic E-state index is 0.498. The second kappa shape index (κ2) is 4.67. The van der Waals surface area contributed by atoms with Crippen LogP contribution in [0.1, 0.15) is 38.1 Å². The summed E-state index contributed by atoms with van der Waals surface area (Å²) in [7, 11) is 2.29. The highest BCUT2D eigenvalue weighted by Crippen LogP contribution is 2.39. The molecule has 4 heterocycles. The first-order valence-electron chi connectivity index (χ1n) is 7.51. The summed E-state index contributed by atoms with van der Waals surface area (Å²) >= 11 is 5.55. The third kappa shape index (κ3) is 1.84. The van der Waals surface area contributed by atoms with Crippen LogP contribution in [0.15, 0.2) is 18.3 Å². The minimum Gasteiger partial charge on any atom is -0.329 e. The molecule has 4 rings (SSSR count). The van der Waals surface area contributed by atoms with E-state index in [1.807, 2.05) is 12.3 Å². The zero-order valence-corrected chi connectivity index (χ0v) is 12.6. The van der Waals surface area contributed by atoms with Crippen molar-refractivity contribution in [2.75, 3.05) is 7.05 Å². The van der Waals surface area contributed by atoms with Crippen molar-refractivity contribution in [3.05, 3.63) is 23.1 Å². The standard InChI is InChI=1S/C15H20N4S/c1-18-10-4-2-5-11(18)9-12(8-10)19-14-13(17-15(19)20)6-3-7-16-14/h3,6-7,10-12H,2,4-5,8-9H2,1H3,(H,17,20). The fourth-order valence-electron chi connectivity index (χ4n) is 4.09. The van der Waals surface area contributed by atoms with Crippen LogP contribution >= 0.6 is 12.2 Å². The van der Waals surface area contributed by atoms with Gasteiger partial charge in [0, 0.05) is 24.3 Å². The molecule has 2 unspecified atom stereocenters. The Hall–Kier alpha value is -1.20. The number of imidazole rings is 1. The van der Waals surface area contributed by atoms with Gasteiger partial charge in [-0.25, -0.2) is 4.98 Å². The summed E-state index contributed by atoms with van der Waals surface area (Å²) in [6, 6.07) is 5.94.